The molecule has 2 aromatic rings. The van der Waals surface area contributed by atoms with Crippen LogP contribution in [0.5, 0.6) is 0 Å². The highest BCUT2D eigenvalue weighted by atomic mass is 16.2. The highest BCUT2D eigenvalue weighted by Crippen LogP contribution is 2.49. The predicted molar refractivity (Wildman–Crippen MR) is 119 cm³/mol. The van der Waals surface area contributed by atoms with Gasteiger partial charge in [-0.2, -0.15) is 0 Å². The number of carbonyl (C=O) groups is 3. The number of likely N-dealkylation sites (tertiary alicyclic amines) is 1. The lowest BCUT2D eigenvalue weighted by Crippen LogP contribution is -2.51. The molecule has 4 rings (SSSR count). The van der Waals surface area contributed by atoms with Crippen LogP contribution >= 0.6 is 0 Å². The predicted octanol–water partition coefficient (Wildman–Crippen LogP) is 2.88. The molecule has 0 saturated carbocycles. The van der Waals surface area contributed by atoms with E-state index in [1.54, 1.807) is 13.8 Å². The van der Waals surface area contributed by atoms with E-state index in [9.17, 15) is 14.4 Å². The van der Waals surface area contributed by atoms with Crippen molar-refractivity contribution < 1.29 is 14.4 Å². The largest absolute Gasteiger partial charge is 0.347 e. The maximum absolute atomic E-state index is 13.3. The van der Waals surface area contributed by atoms with Crippen LogP contribution in [0, 0.1) is 5.92 Å². The zero-order chi connectivity index (χ0) is 22.0. The number of fused-ring (bicyclic) bond motifs is 2. The normalized spacial score (nSPS) is 22.0. The number of aryl methyl sites for hydroxylation is 1. The van der Waals surface area contributed by atoms with Crippen LogP contribution in [0.25, 0.3) is 0 Å². The molecule has 0 aliphatic carbocycles. The van der Waals surface area contributed by atoms with Crippen LogP contribution < -0.4 is 10.6 Å². The van der Waals surface area contributed by atoms with Crippen LogP contribution in [0.3, 0.4) is 0 Å². The van der Waals surface area contributed by atoms with Crippen LogP contribution in [0.1, 0.15) is 37.8 Å². The fourth-order valence-electron chi connectivity index (χ4n) is 4.92. The lowest BCUT2D eigenvalue weighted by molar-refractivity contribution is -0.135. The number of rotatable bonds is 6. The number of para-hydroxylation sites is 1. The highest BCUT2D eigenvalue weighted by molar-refractivity contribution is 6.07. The molecular weight excluding hydrogens is 390 g/mol. The third-order valence-electron chi connectivity index (χ3n) is 6.56. The third kappa shape index (κ3) is 3.82. The van der Waals surface area contributed by atoms with E-state index in [2.05, 4.69) is 22.8 Å². The van der Waals surface area contributed by atoms with Gasteiger partial charge in [-0.25, -0.2) is 0 Å². The number of nitrogens with zero attached hydrogens (tertiary/aromatic N) is 1. The number of benzene rings is 2. The monoisotopic (exact) mass is 419 g/mol. The van der Waals surface area contributed by atoms with Gasteiger partial charge in [0.15, 0.2) is 0 Å². The minimum Gasteiger partial charge on any atom is -0.347 e. The highest BCUT2D eigenvalue weighted by Gasteiger charge is 2.58. The van der Waals surface area contributed by atoms with Gasteiger partial charge in [0, 0.05) is 18.2 Å². The topological polar surface area (TPSA) is 78.5 Å². The van der Waals surface area contributed by atoms with Gasteiger partial charge in [0.25, 0.3) is 0 Å². The van der Waals surface area contributed by atoms with Gasteiger partial charge in [-0.15, -0.1) is 0 Å². The van der Waals surface area contributed by atoms with Gasteiger partial charge < -0.3 is 15.5 Å². The van der Waals surface area contributed by atoms with Gasteiger partial charge in [-0.3, -0.25) is 14.4 Å². The number of hydrogen-bond acceptors (Lipinski definition) is 3. The quantitative estimate of drug-likeness (QED) is 0.756. The lowest BCUT2D eigenvalue weighted by Gasteiger charge is -2.34. The van der Waals surface area contributed by atoms with Crippen molar-refractivity contribution in [2.45, 2.75) is 44.6 Å². The first-order valence-corrected chi connectivity index (χ1v) is 11.0. The number of carbonyl (C=O) groups excluding carboxylic acids is 3. The first kappa shape index (κ1) is 21.1. The average molecular weight is 420 g/mol. The summed E-state index contributed by atoms with van der Waals surface area (Å²) in [5, 5.41) is 5.77. The van der Waals surface area contributed by atoms with Gasteiger partial charge in [0.05, 0.1) is 18.0 Å². The van der Waals surface area contributed by atoms with E-state index in [0.29, 0.717) is 19.4 Å². The zero-order valence-corrected chi connectivity index (χ0v) is 18.1. The molecule has 2 N–H and O–H groups in total. The van der Waals surface area contributed by atoms with E-state index in [1.807, 2.05) is 47.4 Å². The van der Waals surface area contributed by atoms with Gasteiger partial charge in [-0.1, -0.05) is 62.4 Å². The van der Waals surface area contributed by atoms with E-state index in [1.165, 1.54) is 5.56 Å². The van der Waals surface area contributed by atoms with Crippen molar-refractivity contribution >= 4 is 23.4 Å². The molecular formula is C25H29N3O3. The molecule has 0 aromatic heterocycles. The van der Waals surface area contributed by atoms with Crippen molar-refractivity contribution in [2.75, 3.05) is 18.4 Å². The maximum atomic E-state index is 13.3. The van der Waals surface area contributed by atoms with Gasteiger partial charge in [0.1, 0.15) is 0 Å². The van der Waals surface area contributed by atoms with Crippen LogP contribution in [0.4, 0.5) is 5.69 Å². The molecule has 2 heterocycles. The molecule has 6 nitrogen and oxygen atoms in total. The Morgan fingerprint density at radius 3 is 2.58 bits per heavy atom. The molecule has 6 heteroatoms. The number of hydrogen-bond donors (Lipinski definition) is 2. The first-order chi connectivity index (χ1) is 14.9. The second-order valence-electron chi connectivity index (χ2n) is 8.72. The lowest BCUT2D eigenvalue weighted by atomic mass is 9.73. The molecule has 2 aromatic carbocycles. The molecule has 1 fully saturated rings. The zero-order valence-electron chi connectivity index (χ0n) is 18.1. The summed E-state index contributed by atoms with van der Waals surface area (Å²) in [6.45, 7) is 4.05. The molecule has 1 saturated heterocycles. The van der Waals surface area contributed by atoms with E-state index >= 15 is 0 Å². The summed E-state index contributed by atoms with van der Waals surface area (Å²) in [6.07, 6.45) is 2.03. The van der Waals surface area contributed by atoms with Crippen LogP contribution in [-0.4, -0.2) is 41.8 Å². The smallest absolute Gasteiger partial charge is 0.242 e. The summed E-state index contributed by atoms with van der Waals surface area (Å²) in [6, 6.07) is 17.6. The Morgan fingerprint density at radius 2 is 1.84 bits per heavy atom. The van der Waals surface area contributed by atoms with E-state index in [4.69, 9.17) is 0 Å². The van der Waals surface area contributed by atoms with Crippen molar-refractivity contribution in [3.8, 4) is 0 Å². The molecule has 2 aliphatic rings. The fourth-order valence-corrected chi connectivity index (χ4v) is 4.92. The Balaban J connectivity index is 1.62. The average Bonchev–Trinajstić information content (AvgIpc) is 3.30. The summed E-state index contributed by atoms with van der Waals surface area (Å²) in [5.41, 5.74) is 2.24. The van der Waals surface area contributed by atoms with Gasteiger partial charge in [0.2, 0.25) is 17.7 Å². The SMILES string of the molecule is CC(C)C(=O)NCC(=O)N1CC[C@]2(C(=O)Nc3ccccc32)[C@@H]1CCc1ccccc1. The first-order valence-electron chi connectivity index (χ1n) is 11.0. The fraction of sp³-hybridized carbons (Fsp3) is 0.400. The van der Waals surface area contributed by atoms with Crippen LogP contribution in [-0.2, 0) is 26.2 Å². The standard InChI is InChI=1S/C25H29N3O3/c1-17(2)23(30)26-16-22(29)28-15-14-25(19-10-6-7-11-20(19)27-24(25)31)21(28)13-12-18-8-4-3-5-9-18/h3-11,17,21H,12-16H2,1-2H3,(H,26,30)(H,27,31)/t21-,25+/m0/s1. The summed E-state index contributed by atoms with van der Waals surface area (Å²) in [4.78, 5) is 40.2. The van der Waals surface area contributed by atoms with Crippen LogP contribution in [0.2, 0.25) is 0 Å². The molecule has 0 radical (unpaired) electrons. The number of amides is 3. The molecule has 2 atom stereocenters. The Kier molecular flexibility index (Phi) is 5.81. The summed E-state index contributed by atoms with van der Waals surface area (Å²) in [7, 11) is 0. The minimum absolute atomic E-state index is 0.0340. The summed E-state index contributed by atoms with van der Waals surface area (Å²) < 4.78 is 0. The minimum atomic E-state index is -0.747. The Bertz CT molecular complexity index is 989. The number of anilines is 1. The van der Waals surface area contributed by atoms with E-state index in [-0.39, 0.29) is 36.2 Å². The third-order valence-corrected chi connectivity index (χ3v) is 6.56. The molecule has 1 spiro atoms. The second-order valence-corrected chi connectivity index (χ2v) is 8.72. The van der Waals surface area contributed by atoms with Gasteiger partial charge in [-0.05, 0) is 36.5 Å². The second kappa shape index (κ2) is 8.53. The van der Waals surface area contributed by atoms with Crippen molar-refractivity contribution in [3.05, 3.63) is 65.7 Å². The maximum Gasteiger partial charge on any atom is 0.242 e. The van der Waals surface area contributed by atoms with Crippen LogP contribution in [0.15, 0.2) is 54.6 Å². The van der Waals surface area contributed by atoms with E-state index < -0.39 is 5.41 Å². The molecule has 0 unspecified atom stereocenters. The van der Waals surface area contributed by atoms with Crippen molar-refractivity contribution in [3.63, 3.8) is 0 Å². The Labute approximate surface area is 183 Å². The molecule has 0 bridgehead atoms. The Morgan fingerprint density at radius 1 is 1.13 bits per heavy atom. The molecule has 31 heavy (non-hydrogen) atoms. The summed E-state index contributed by atoms with van der Waals surface area (Å²) in [5.74, 6) is -0.500. The van der Waals surface area contributed by atoms with Crippen molar-refractivity contribution in [2.24, 2.45) is 5.92 Å². The van der Waals surface area contributed by atoms with Crippen molar-refractivity contribution in [1.29, 1.82) is 0 Å². The van der Waals surface area contributed by atoms with Crippen molar-refractivity contribution in [1.82, 2.24) is 10.2 Å². The molecule has 2 aliphatic heterocycles. The molecule has 3 amide bonds. The Hall–Kier alpha value is -3.15. The summed E-state index contributed by atoms with van der Waals surface area (Å²) >= 11 is 0. The number of nitrogens with one attached hydrogen (secondary N) is 2. The van der Waals surface area contributed by atoms with E-state index in [0.717, 1.165) is 17.7 Å². The van der Waals surface area contributed by atoms with Gasteiger partial charge >= 0.3 is 0 Å². The molecule has 162 valence electrons.